The highest BCUT2D eigenvalue weighted by Crippen LogP contribution is 2.33. The number of hydrogen-bond acceptors (Lipinski definition) is 2. The minimum Gasteiger partial charge on any atom is -0.350 e. The van der Waals surface area contributed by atoms with E-state index < -0.39 is 0 Å². The summed E-state index contributed by atoms with van der Waals surface area (Å²) in [4.78, 5) is 26.3. The summed E-state index contributed by atoms with van der Waals surface area (Å²) in [5.41, 5.74) is 3.07. The highest BCUT2D eigenvalue weighted by molar-refractivity contribution is 9.10. The van der Waals surface area contributed by atoms with Gasteiger partial charge in [-0.05, 0) is 41.8 Å². The topological polar surface area (TPSA) is 49.4 Å². The van der Waals surface area contributed by atoms with Crippen LogP contribution in [0.25, 0.3) is 6.08 Å². The average Bonchev–Trinajstić information content (AvgIpc) is 2.61. The molecule has 5 heteroatoms. The monoisotopic (exact) mass is 412 g/mol. The molecule has 1 heterocycles. The molecule has 134 valence electrons. The van der Waals surface area contributed by atoms with Crippen molar-refractivity contribution in [3.05, 3.63) is 75.9 Å². The van der Waals surface area contributed by atoms with E-state index in [1.807, 2.05) is 61.5 Å². The van der Waals surface area contributed by atoms with Crippen molar-refractivity contribution in [2.45, 2.75) is 32.4 Å². The summed E-state index contributed by atoms with van der Waals surface area (Å²) in [5.74, 6) is -0.160. The van der Waals surface area contributed by atoms with E-state index >= 15 is 0 Å². The highest BCUT2D eigenvalue weighted by atomic mass is 79.9. The van der Waals surface area contributed by atoms with Crippen LogP contribution in [-0.2, 0) is 9.59 Å². The number of hydrogen-bond donors (Lipinski definition) is 1. The van der Waals surface area contributed by atoms with Crippen LogP contribution in [0.5, 0.6) is 0 Å². The first-order valence-corrected chi connectivity index (χ1v) is 9.36. The van der Waals surface area contributed by atoms with Gasteiger partial charge in [-0.15, -0.1) is 0 Å². The SMILES string of the molecule is CC(=O)N1C=Cc2ccccc2[C@@H]1CC(=O)N[C@H](C)c1cccc(Br)c1. The van der Waals surface area contributed by atoms with Crippen molar-refractivity contribution < 1.29 is 9.59 Å². The molecule has 0 radical (unpaired) electrons. The van der Waals surface area contributed by atoms with Crippen molar-refractivity contribution >= 4 is 33.8 Å². The van der Waals surface area contributed by atoms with Gasteiger partial charge >= 0.3 is 0 Å². The molecule has 0 unspecified atom stereocenters. The lowest BCUT2D eigenvalue weighted by atomic mass is 9.93. The minimum atomic E-state index is -0.289. The summed E-state index contributed by atoms with van der Waals surface area (Å²) in [6, 6.07) is 15.3. The molecule has 1 aliphatic heterocycles. The summed E-state index contributed by atoms with van der Waals surface area (Å²) < 4.78 is 0.977. The van der Waals surface area contributed by atoms with Gasteiger partial charge in [-0.25, -0.2) is 0 Å². The molecule has 2 aromatic carbocycles. The summed E-state index contributed by atoms with van der Waals surface area (Å²) in [6.07, 6.45) is 3.90. The van der Waals surface area contributed by atoms with Crippen LogP contribution in [0, 0.1) is 0 Å². The van der Waals surface area contributed by atoms with Gasteiger partial charge in [0.25, 0.3) is 0 Å². The molecule has 0 saturated heterocycles. The molecule has 3 rings (SSSR count). The molecule has 2 amide bonds. The molecule has 1 N–H and O–H groups in total. The van der Waals surface area contributed by atoms with Crippen LogP contribution in [-0.4, -0.2) is 16.7 Å². The number of nitrogens with one attached hydrogen (secondary N) is 1. The second kappa shape index (κ2) is 7.87. The number of halogens is 1. The summed E-state index contributed by atoms with van der Waals surface area (Å²) in [5, 5.41) is 3.04. The van der Waals surface area contributed by atoms with E-state index in [2.05, 4.69) is 21.2 Å². The number of fused-ring (bicyclic) bond motifs is 1. The zero-order valence-corrected chi connectivity index (χ0v) is 16.4. The summed E-state index contributed by atoms with van der Waals surface area (Å²) in [7, 11) is 0. The van der Waals surface area contributed by atoms with Gasteiger partial charge in [-0.2, -0.15) is 0 Å². The number of benzene rings is 2. The Morgan fingerprint density at radius 2 is 1.96 bits per heavy atom. The third-order valence-electron chi connectivity index (χ3n) is 4.57. The van der Waals surface area contributed by atoms with Crippen molar-refractivity contribution in [3.8, 4) is 0 Å². The van der Waals surface area contributed by atoms with Crippen molar-refractivity contribution in [3.63, 3.8) is 0 Å². The van der Waals surface area contributed by atoms with E-state index in [0.717, 1.165) is 21.2 Å². The maximum Gasteiger partial charge on any atom is 0.223 e. The molecule has 0 spiro atoms. The first-order valence-electron chi connectivity index (χ1n) is 8.56. The first-order chi connectivity index (χ1) is 12.5. The fraction of sp³-hybridized carbons (Fsp3) is 0.238. The molecule has 2 atom stereocenters. The van der Waals surface area contributed by atoms with E-state index in [0.29, 0.717) is 0 Å². The lowest BCUT2D eigenvalue weighted by molar-refractivity contribution is -0.130. The molecule has 0 fully saturated rings. The Morgan fingerprint density at radius 3 is 2.69 bits per heavy atom. The van der Waals surface area contributed by atoms with Gasteiger partial charge in [0.05, 0.1) is 18.5 Å². The number of carbonyl (C=O) groups is 2. The minimum absolute atomic E-state index is 0.0754. The Bertz CT molecular complexity index is 863. The predicted octanol–water partition coefficient (Wildman–Crippen LogP) is 4.59. The molecule has 1 aliphatic rings. The molecule has 26 heavy (non-hydrogen) atoms. The van der Waals surface area contributed by atoms with E-state index in [9.17, 15) is 9.59 Å². The Hall–Kier alpha value is -2.40. The standard InChI is InChI=1S/C21H21BrN2O2/c1-14(17-7-5-8-18(22)12-17)23-21(26)13-20-19-9-4-3-6-16(19)10-11-24(20)15(2)25/h3-12,14,20H,13H2,1-2H3,(H,23,26)/t14-,20+/m1/s1. The van der Waals surface area contributed by atoms with Gasteiger partial charge in [0, 0.05) is 17.6 Å². The molecule has 0 bridgehead atoms. The fourth-order valence-electron chi connectivity index (χ4n) is 3.25. The molecular formula is C21H21BrN2O2. The maximum absolute atomic E-state index is 12.7. The third-order valence-corrected chi connectivity index (χ3v) is 5.07. The normalized spacial score (nSPS) is 16.7. The molecule has 2 aromatic rings. The highest BCUT2D eigenvalue weighted by Gasteiger charge is 2.28. The van der Waals surface area contributed by atoms with E-state index in [1.165, 1.54) is 6.92 Å². The van der Waals surface area contributed by atoms with Crippen LogP contribution >= 0.6 is 15.9 Å². The average molecular weight is 413 g/mol. The van der Waals surface area contributed by atoms with Crippen molar-refractivity contribution in [2.75, 3.05) is 0 Å². The summed E-state index contributed by atoms with van der Waals surface area (Å²) in [6.45, 7) is 3.48. The maximum atomic E-state index is 12.7. The summed E-state index contributed by atoms with van der Waals surface area (Å²) >= 11 is 3.45. The first kappa shape index (κ1) is 18.4. The number of carbonyl (C=O) groups excluding carboxylic acids is 2. The lowest BCUT2D eigenvalue weighted by Crippen LogP contribution is -2.36. The zero-order valence-electron chi connectivity index (χ0n) is 14.8. The zero-order chi connectivity index (χ0) is 18.7. The van der Waals surface area contributed by atoms with E-state index in [1.54, 1.807) is 11.1 Å². The van der Waals surface area contributed by atoms with Gasteiger partial charge in [0.1, 0.15) is 0 Å². The number of rotatable bonds is 4. The molecule has 0 saturated carbocycles. The van der Waals surface area contributed by atoms with Gasteiger partial charge in [0.15, 0.2) is 0 Å². The van der Waals surface area contributed by atoms with Crippen molar-refractivity contribution in [1.29, 1.82) is 0 Å². The van der Waals surface area contributed by atoms with Crippen LogP contribution in [0.3, 0.4) is 0 Å². The van der Waals surface area contributed by atoms with Gasteiger partial charge in [0.2, 0.25) is 11.8 Å². The third kappa shape index (κ3) is 4.05. The van der Waals surface area contributed by atoms with Crippen molar-refractivity contribution in [1.82, 2.24) is 10.2 Å². The molecule has 4 nitrogen and oxygen atoms in total. The number of nitrogens with zero attached hydrogens (tertiary/aromatic N) is 1. The smallest absolute Gasteiger partial charge is 0.223 e. The Balaban J connectivity index is 1.76. The fourth-order valence-corrected chi connectivity index (χ4v) is 3.67. The second-order valence-corrected chi connectivity index (χ2v) is 7.35. The lowest BCUT2D eigenvalue weighted by Gasteiger charge is -2.32. The largest absolute Gasteiger partial charge is 0.350 e. The quantitative estimate of drug-likeness (QED) is 0.797. The molecular weight excluding hydrogens is 392 g/mol. The van der Waals surface area contributed by atoms with E-state index in [-0.39, 0.29) is 30.3 Å². The van der Waals surface area contributed by atoms with Crippen LogP contribution in [0.2, 0.25) is 0 Å². The van der Waals surface area contributed by atoms with Crippen LogP contribution in [0.4, 0.5) is 0 Å². The van der Waals surface area contributed by atoms with Gasteiger partial charge in [-0.3, -0.25) is 9.59 Å². The second-order valence-electron chi connectivity index (χ2n) is 6.44. The van der Waals surface area contributed by atoms with E-state index in [4.69, 9.17) is 0 Å². The Kier molecular flexibility index (Phi) is 5.57. The number of amides is 2. The van der Waals surface area contributed by atoms with Gasteiger partial charge in [-0.1, -0.05) is 52.3 Å². The van der Waals surface area contributed by atoms with Crippen molar-refractivity contribution in [2.24, 2.45) is 0 Å². The Morgan fingerprint density at radius 1 is 1.19 bits per heavy atom. The Labute approximate surface area is 162 Å². The van der Waals surface area contributed by atoms with Crippen LogP contribution in [0.1, 0.15) is 49.0 Å². The van der Waals surface area contributed by atoms with Crippen LogP contribution < -0.4 is 5.32 Å². The predicted molar refractivity (Wildman–Crippen MR) is 106 cm³/mol. The molecule has 0 aliphatic carbocycles. The molecule has 0 aromatic heterocycles. The van der Waals surface area contributed by atoms with Gasteiger partial charge < -0.3 is 10.2 Å². The van der Waals surface area contributed by atoms with Crippen LogP contribution in [0.15, 0.2) is 59.2 Å².